The van der Waals surface area contributed by atoms with Crippen LogP contribution in [0.5, 0.6) is 5.75 Å². The minimum atomic E-state index is -1.04. The van der Waals surface area contributed by atoms with Gasteiger partial charge in [-0.2, -0.15) is 0 Å². The van der Waals surface area contributed by atoms with E-state index in [0.29, 0.717) is 38.5 Å². The number of nitrogens with zero attached hydrogens (tertiary/aromatic N) is 2. The van der Waals surface area contributed by atoms with Crippen molar-refractivity contribution in [2.75, 3.05) is 4.90 Å². The quantitative estimate of drug-likeness (QED) is 0.173. The second-order valence-corrected chi connectivity index (χ2v) is 10.7. The fourth-order valence-corrected chi connectivity index (χ4v) is 6.07. The lowest BCUT2D eigenvalue weighted by molar-refractivity contribution is -0.132. The average Bonchev–Trinajstić information content (AvgIpc) is 3.52. The summed E-state index contributed by atoms with van der Waals surface area (Å²) >= 11 is 13.5. The third-order valence-electron chi connectivity index (χ3n) is 6.42. The number of benzene rings is 3. The van der Waals surface area contributed by atoms with E-state index in [4.69, 9.17) is 27.9 Å². The van der Waals surface area contributed by atoms with Gasteiger partial charge in [0.15, 0.2) is 5.13 Å². The molecule has 10 heteroatoms. The summed E-state index contributed by atoms with van der Waals surface area (Å²) < 4.78 is 20.1. The number of amides is 1. The number of Topliss-reactive ketones (excluding diaryl/α,β-unsaturated/α-hetero) is 1. The molecule has 1 amide bonds. The standard InChI is InChI=1S/C27H17Cl2FN2O4S/c1-12-8-15-9-14(3-7-20(15)36-12)24(33)22-23(13-2-5-17(28)18(29)10-13)32(26(35)25(22)34)27-31-19-6-4-16(30)11-21(19)37-27/h2-7,9-12,23,33H,8H2,1H3/t12-,23-/m1/s1. The Hall–Kier alpha value is -3.46. The molecule has 37 heavy (non-hydrogen) atoms. The highest BCUT2D eigenvalue weighted by atomic mass is 35.5. The van der Waals surface area contributed by atoms with Gasteiger partial charge in [0.05, 0.1) is 31.9 Å². The first kappa shape index (κ1) is 23.9. The van der Waals surface area contributed by atoms with Crippen molar-refractivity contribution < 1.29 is 23.8 Å². The molecule has 0 unspecified atom stereocenters. The van der Waals surface area contributed by atoms with Crippen molar-refractivity contribution in [1.82, 2.24) is 4.98 Å². The molecule has 1 saturated heterocycles. The summed E-state index contributed by atoms with van der Waals surface area (Å²) in [5.41, 5.74) is 2.10. The van der Waals surface area contributed by atoms with E-state index in [9.17, 15) is 19.1 Å². The predicted octanol–water partition coefficient (Wildman–Crippen LogP) is 6.69. The number of hydrogen-bond donors (Lipinski definition) is 1. The van der Waals surface area contributed by atoms with E-state index in [1.807, 2.05) is 6.92 Å². The first-order valence-corrected chi connectivity index (χ1v) is 12.9. The first-order valence-electron chi connectivity index (χ1n) is 11.3. The SMILES string of the molecule is C[C@@H]1Cc2cc(C(O)=C3C(=O)C(=O)N(c4nc5ccc(F)cc5s4)[C@@H]3c3ccc(Cl)c(Cl)c3)ccc2O1. The highest BCUT2D eigenvalue weighted by molar-refractivity contribution is 7.22. The molecule has 4 aromatic rings. The maximum absolute atomic E-state index is 13.8. The molecule has 0 spiro atoms. The van der Waals surface area contributed by atoms with Crippen molar-refractivity contribution in [3.8, 4) is 5.75 Å². The molecule has 6 rings (SSSR count). The second-order valence-electron chi connectivity index (χ2n) is 8.91. The molecule has 0 radical (unpaired) electrons. The van der Waals surface area contributed by atoms with Gasteiger partial charge in [-0.15, -0.1) is 0 Å². The van der Waals surface area contributed by atoms with E-state index in [1.54, 1.807) is 36.4 Å². The summed E-state index contributed by atoms with van der Waals surface area (Å²) in [4.78, 5) is 32.5. The van der Waals surface area contributed by atoms with Crippen LogP contribution in [0, 0.1) is 5.82 Å². The maximum Gasteiger partial charge on any atom is 0.301 e. The van der Waals surface area contributed by atoms with Crippen LogP contribution in [0.3, 0.4) is 0 Å². The number of aliphatic hydroxyl groups excluding tert-OH is 1. The van der Waals surface area contributed by atoms with Gasteiger partial charge in [0.1, 0.15) is 23.4 Å². The molecule has 3 heterocycles. The largest absolute Gasteiger partial charge is 0.507 e. The third-order valence-corrected chi connectivity index (χ3v) is 8.18. The molecule has 0 bridgehead atoms. The summed E-state index contributed by atoms with van der Waals surface area (Å²) in [6.07, 6.45) is 0.654. The van der Waals surface area contributed by atoms with Gasteiger partial charge in [0.25, 0.3) is 5.78 Å². The van der Waals surface area contributed by atoms with Crippen molar-refractivity contribution in [1.29, 1.82) is 0 Å². The molecule has 6 nitrogen and oxygen atoms in total. The van der Waals surface area contributed by atoms with Crippen LogP contribution in [0.2, 0.25) is 10.0 Å². The summed E-state index contributed by atoms with van der Waals surface area (Å²) in [5.74, 6) is -1.79. The fraction of sp³-hybridized carbons (Fsp3) is 0.148. The van der Waals surface area contributed by atoms with E-state index in [0.717, 1.165) is 16.9 Å². The minimum absolute atomic E-state index is 0.00180. The lowest BCUT2D eigenvalue weighted by Crippen LogP contribution is -2.29. The lowest BCUT2D eigenvalue weighted by atomic mass is 9.94. The summed E-state index contributed by atoms with van der Waals surface area (Å²) in [5, 5.41) is 12.1. The Morgan fingerprint density at radius 2 is 1.92 bits per heavy atom. The van der Waals surface area contributed by atoms with Gasteiger partial charge >= 0.3 is 5.91 Å². The van der Waals surface area contributed by atoms with Crippen LogP contribution in [-0.4, -0.2) is 27.9 Å². The molecule has 1 aromatic heterocycles. The molecule has 0 aliphatic carbocycles. The van der Waals surface area contributed by atoms with E-state index in [2.05, 4.69) is 4.98 Å². The Kier molecular flexibility index (Phi) is 5.71. The molecular formula is C27H17Cl2FN2O4S. The number of halogens is 3. The van der Waals surface area contributed by atoms with Crippen LogP contribution >= 0.6 is 34.5 Å². The third kappa shape index (κ3) is 3.96. The minimum Gasteiger partial charge on any atom is -0.507 e. The number of ketones is 1. The topological polar surface area (TPSA) is 79.7 Å². The molecule has 2 aliphatic rings. The highest BCUT2D eigenvalue weighted by Crippen LogP contribution is 2.45. The Morgan fingerprint density at radius 1 is 1.11 bits per heavy atom. The molecule has 2 aliphatic heterocycles. The number of aliphatic hydroxyl groups is 1. The zero-order valence-corrected chi connectivity index (χ0v) is 21.5. The predicted molar refractivity (Wildman–Crippen MR) is 141 cm³/mol. The molecule has 186 valence electrons. The van der Waals surface area contributed by atoms with Gasteiger partial charge in [-0.05, 0) is 66.6 Å². The van der Waals surface area contributed by atoms with Crippen molar-refractivity contribution in [3.05, 3.63) is 92.7 Å². The van der Waals surface area contributed by atoms with E-state index >= 15 is 0 Å². The van der Waals surface area contributed by atoms with Crippen LogP contribution in [0.1, 0.15) is 29.7 Å². The number of carbonyl (C=O) groups is 2. The van der Waals surface area contributed by atoms with Crippen molar-refractivity contribution in [2.45, 2.75) is 25.5 Å². The van der Waals surface area contributed by atoms with Gasteiger partial charge in [-0.3, -0.25) is 14.5 Å². The Morgan fingerprint density at radius 3 is 2.70 bits per heavy atom. The highest BCUT2D eigenvalue weighted by Gasteiger charge is 2.48. The number of anilines is 1. The van der Waals surface area contributed by atoms with Crippen LogP contribution in [-0.2, 0) is 16.0 Å². The Bertz CT molecular complexity index is 1670. The zero-order valence-electron chi connectivity index (χ0n) is 19.2. The van der Waals surface area contributed by atoms with Gasteiger partial charge < -0.3 is 9.84 Å². The van der Waals surface area contributed by atoms with Crippen LogP contribution in [0.15, 0.2) is 60.2 Å². The number of ether oxygens (including phenoxy) is 1. The second kappa shape index (κ2) is 8.83. The number of carbonyl (C=O) groups excluding carboxylic acids is 2. The van der Waals surface area contributed by atoms with Crippen LogP contribution in [0.25, 0.3) is 16.0 Å². The summed E-state index contributed by atoms with van der Waals surface area (Å²) in [6.45, 7) is 1.94. The van der Waals surface area contributed by atoms with Gasteiger partial charge in [-0.25, -0.2) is 9.37 Å². The number of hydrogen-bond acceptors (Lipinski definition) is 6. The number of aromatic nitrogens is 1. The normalized spacial score (nSPS) is 20.5. The average molecular weight is 555 g/mol. The smallest absolute Gasteiger partial charge is 0.301 e. The van der Waals surface area contributed by atoms with Crippen molar-refractivity contribution >= 4 is 67.3 Å². The number of fused-ring (bicyclic) bond motifs is 2. The summed E-state index contributed by atoms with van der Waals surface area (Å²) in [6, 6.07) is 12.9. The van der Waals surface area contributed by atoms with Crippen LogP contribution in [0.4, 0.5) is 9.52 Å². The van der Waals surface area contributed by atoms with Gasteiger partial charge in [0, 0.05) is 12.0 Å². The van der Waals surface area contributed by atoms with E-state index in [-0.39, 0.29) is 27.6 Å². The molecule has 3 aromatic carbocycles. The fourth-order valence-electron chi connectivity index (χ4n) is 4.74. The molecule has 2 atom stereocenters. The first-order chi connectivity index (χ1) is 17.7. The molecule has 1 fully saturated rings. The monoisotopic (exact) mass is 554 g/mol. The zero-order chi connectivity index (χ0) is 26.0. The van der Waals surface area contributed by atoms with Gasteiger partial charge in [0.2, 0.25) is 0 Å². The van der Waals surface area contributed by atoms with Crippen LogP contribution < -0.4 is 9.64 Å². The Labute approximate surface area is 224 Å². The summed E-state index contributed by atoms with van der Waals surface area (Å²) in [7, 11) is 0. The molecule has 1 N–H and O–H groups in total. The van der Waals surface area contributed by atoms with E-state index in [1.165, 1.54) is 23.1 Å². The molecule has 0 saturated carbocycles. The molecular weight excluding hydrogens is 538 g/mol. The maximum atomic E-state index is 13.8. The van der Waals surface area contributed by atoms with Crippen molar-refractivity contribution in [3.63, 3.8) is 0 Å². The van der Waals surface area contributed by atoms with Crippen molar-refractivity contribution in [2.24, 2.45) is 0 Å². The number of thiazole rings is 1. The Balaban J connectivity index is 1.55. The van der Waals surface area contributed by atoms with Gasteiger partial charge in [-0.1, -0.05) is 40.6 Å². The van der Waals surface area contributed by atoms with E-state index < -0.39 is 23.5 Å². The number of rotatable bonds is 3. The lowest BCUT2D eigenvalue weighted by Gasteiger charge is -2.23.